The van der Waals surface area contributed by atoms with Crippen LogP contribution in [0.3, 0.4) is 0 Å². The van der Waals surface area contributed by atoms with E-state index in [-0.39, 0.29) is 6.61 Å². The number of hydrogen-bond acceptors (Lipinski definition) is 4. The van der Waals surface area contributed by atoms with Crippen LogP contribution in [0, 0.1) is 12.3 Å². The number of carboxylic acids is 1. The first-order valence-corrected chi connectivity index (χ1v) is 5.11. The van der Waals surface area contributed by atoms with Crippen LogP contribution in [0.5, 0.6) is 0 Å². The predicted molar refractivity (Wildman–Crippen MR) is 58.1 cm³/mol. The molecular formula is C11H15NO5. The minimum atomic E-state index is -1.11. The van der Waals surface area contributed by atoms with Gasteiger partial charge in [-0.05, 0) is 20.8 Å². The van der Waals surface area contributed by atoms with Gasteiger partial charge in [0.2, 0.25) is 0 Å². The van der Waals surface area contributed by atoms with Crippen LogP contribution in [0.2, 0.25) is 0 Å². The molecule has 0 aromatic rings. The van der Waals surface area contributed by atoms with E-state index < -0.39 is 29.9 Å². The molecule has 0 aromatic carbocycles. The van der Waals surface area contributed by atoms with E-state index in [1.807, 2.05) is 0 Å². The lowest BCUT2D eigenvalue weighted by Crippen LogP contribution is -2.47. The number of ether oxygens (including phenoxy) is 2. The molecule has 0 aliphatic carbocycles. The Hall–Kier alpha value is -1.74. The Morgan fingerprint density at radius 3 is 2.59 bits per heavy atom. The SMILES string of the molecule is C#CCOC(=O)N1[C@@H](C)[C@H](C(=O)O)OC1(C)C. The van der Waals surface area contributed by atoms with E-state index in [4.69, 9.17) is 21.0 Å². The number of nitrogens with zero attached hydrogens (tertiary/aromatic N) is 1. The summed E-state index contributed by atoms with van der Waals surface area (Å²) in [6.07, 6.45) is 3.24. The molecule has 1 fully saturated rings. The lowest BCUT2D eigenvalue weighted by molar-refractivity contribution is -0.154. The maximum absolute atomic E-state index is 11.7. The predicted octanol–water partition coefficient (Wildman–Crippen LogP) is 0.666. The first-order chi connectivity index (χ1) is 7.81. The van der Waals surface area contributed by atoms with Gasteiger partial charge in [-0.3, -0.25) is 4.90 Å². The van der Waals surface area contributed by atoms with E-state index in [0.717, 1.165) is 0 Å². The lowest BCUT2D eigenvalue weighted by atomic mass is 10.1. The Labute approximate surface area is 99.5 Å². The molecule has 94 valence electrons. The van der Waals surface area contributed by atoms with Crippen molar-refractivity contribution >= 4 is 12.1 Å². The van der Waals surface area contributed by atoms with E-state index in [1.165, 1.54) is 4.90 Å². The lowest BCUT2D eigenvalue weighted by Gasteiger charge is -2.30. The molecule has 0 spiro atoms. The van der Waals surface area contributed by atoms with Crippen LogP contribution in [0.25, 0.3) is 0 Å². The Balaban J connectivity index is 2.87. The Bertz CT molecular complexity index is 371. The van der Waals surface area contributed by atoms with Gasteiger partial charge in [0, 0.05) is 0 Å². The number of carbonyl (C=O) groups is 2. The van der Waals surface area contributed by atoms with Crippen LogP contribution < -0.4 is 0 Å². The highest BCUT2D eigenvalue weighted by Crippen LogP contribution is 2.32. The van der Waals surface area contributed by atoms with Crippen molar-refractivity contribution in [3.8, 4) is 12.3 Å². The van der Waals surface area contributed by atoms with E-state index in [2.05, 4.69) is 5.92 Å². The molecule has 1 rings (SSSR count). The molecule has 1 aliphatic heterocycles. The Morgan fingerprint density at radius 1 is 1.59 bits per heavy atom. The van der Waals surface area contributed by atoms with Gasteiger partial charge in [-0.2, -0.15) is 0 Å². The highest BCUT2D eigenvalue weighted by molar-refractivity contribution is 5.77. The molecule has 6 heteroatoms. The number of aliphatic carboxylic acids is 1. The second-order valence-corrected chi connectivity index (χ2v) is 4.19. The van der Waals surface area contributed by atoms with E-state index in [1.54, 1.807) is 20.8 Å². The van der Waals surface area contributed by atoms with Crippen LogP contribution in [-0.4, -0.2) is 46.5 Å². The molecule has 0 radical (unpaired) electrons. The Morgan fingerprint density at radius 2 is 2.18 bits per heavy atom. The fraction of sp³-hybridized carbons (Fsp3) is 0.636. The third-order valence-corrected chi connectivity index (χ3v) is 2.56. The summed E-state index contributed by atoms with van der Waals surface area (Å²) in [7, 11) is 0. The van der Waals surface area contributed by atoms with Crippen molar-refractivity contribution in [1.29, 1.82) is 0 Å². The molecule has 1 amide bonds. The average Bonchev–Trinajstić information content (AvgIpc) is 2.46. The molecule has 0 unspecified atom stereocenters. The molecule has 17 heavy (non-hydrogen) atoms. The molecule has 6 nitrogen and oxygen atoms in total. The van der Waals surface area contributed by atoms with Gasteiger partial charge in [0.1, 0.15) is 5.72 Å². The van der Waals surface area contributed by atoms with Gasteiger partial charge in [-0.1, -0.05) is 5.92 Å². The van der Waals surface area contributed by atoms with Crippen LogP contribution in [0.15, 0.2) is 0 Å². The van der Waals surface area contributed by atoms with Crippen molar-refractivity contribution in [2.24, 2.45) is 0 Å². The summed E-state index contributed by atoms with van der Waals surface area (Å²) in [5.74, 6) is 1.06. The minimum Gasteiger partial charge on any atom is -0.479 e. The van der Waals surface area contributed by atoms with E-state index in [9.17, 15) is 9.59 Å². The molecule has 1 saturated heterocycles. The summed E-state index contributed by atoms with van der Waals surface area (Å²) >= 11 is 0. The molecule has 0 aromatic heterocycles. The quantitative estimate of drug-likeness (QED) is 0.719. The van der Waals surface area contributed by atoms with Crippen molar-refractivity contribution in [3.63, 3.8) is 0 Å². The third-order valence-electron chi connectivity index (χ3n) is 2.56. The van der Waals surface area contributed by atoms with E-state index >= 15 is 0 Å². The largest absolute Gasteiger partial charge is 0.479 e. The smallest absolute Gasteiger partial charge is 0.413 e. The molecule has 0 bridgehead atoms. The Kier molecular flexibility index (Phi) is 3.63. The maximum atomic E-state index is 11.7. The number of amides is 1. The van der Waals surface area contributed by atoms with Crippen molar-refractivity contribution in [2.45, 2.75) is 38.6 Å². The fourth-order valence-electron chi connectivity index (χ4n) is 1.91. The fourth-order valence-corrected chi connectivity index (χ4v) is 1.91. The second kappa shape index (κ2) is 4.63. The summed E-state index contributed by atoms with van der Waals surface area (Å²) in [6, 6.07) is -0.618. The van der Waals surface area contributed by atoms with Gasteiger partial charge >= 0.3 is 12.1 Å². The molecule has 0 saturated carbocycles. The van der Waals surface area contributed by atoms with Crippen molar-refractivity contribution in [2.75, 3.05) is 6.61 Å². The van der Waals surface area contributed by atoms with Crippen molar-refractivity contribution in [3.05, 3.63) is 0 Å². The number of carboxylic acid groups (broad SMARTS) is 1. The second-order valence-electron chi connectivity index (χ2n) is 4.19. The minimum absolute atomic E-state index is 0.157. The first kappa shape index (κ1) is 13.3. The summed E-state index contributed by atoms with van der Waals surface area (Å²) in [5, 5.41) is 8.96. The van der Waals surface area contributed by atoms with Crippen molar-refractivity contribution < 1.29 is 24.2 Å². The topological polar surface area (TPSA) is 76.1 Å². The maximum Gasteiger partial charge on any atom is 0.413 e. The highest BCUT2D eigenvalue weighted by Gasteiger charge is 2.51. The van der Waals surface area contributed by atoms with Crippen LogP contribution in [-0.2, 0) is 14.3 Å². The summed E-state index contributed by atoms with van der Waals surface area (Å²) in [6.45, 7) is 4.63. The van der Waals surface area contributed by atoms with Gasteiger partial charge in [0.05, 0.1) is 6.04 Å². The van der Waals surface area contributed by atoms with Crippen LogP contribution >= 0.6 is 0 Å². The zero-order valence-corrected chi connectivity index (χ0v) is 9.97. The molecule has 2 atom stereocenters. The van der Waals surface area contributed by atoms with Crippen LogP contribution in [0.4, 0.5) is 4.79 Å². The number of rotatable bonds is 2. The first-order valence-electron chi connectivity index (χ1n) is 5.11. The van der Waals surface area contributed by atoms with Gasteiger partial charge in [-0.15, -0.1) is 6.42 Å². The van der Waals surface area contributed by atoms with E-state index in [0.29, 0.717) is 0 Å². The van der Waals surface area contributed by atoms with Crippen LogP contribution in [0.1, 0.15) is 20.8 Å². The highest BCUT2D eigenvalue weighted by atomic mass is 16.6. The standard InChI is InChI=1S/C11H15NO5/c1-5-6-16-10(15)12-7(2)8(9(13)14)17-11(12,3)4/h1,7-8H,6H2,2-4H3,(H,13,14)/t7-,8+/m0/s1. The molecule has 1 N–H and O–H groups in total. The number of terminal acetylenes is 1. The summed E-state index contributed by atoms with van der Waals surface area (Å²) < 4.78 is 10.1. The van der Waals surface area contributed by atoms with Crippen molar-refractivity contribution in [1.82, 2.24) is 4.90 Å². The van der Waals surface area contributed by atoms with Gasteiger partial charge in [0.15, 0.2) is 12.7 Å². The molecule has 1 heterocycles. The summed E-state index contributed by atoms with van der Waals surface area (Å²) in [5.41, 5.74) is -1.03. The zero-order chi connectivity index (χ0) is 13.2. The number of hydrogen-bond donors (Lipinski definition) is 1. The average molecular weight is 241 g/mol. The normalized spacial score (nSPS) is 26.4. The molecule has 1 aliphatic rings. The van der Waals surface area contributed by atoms with Gasteiger partial charge < -0.3 is 14.6 Å². The van der Waals surface area contributed by atoms with Gasteiger partial charge in [0.25, 0.3) is 0 Å². The monoisotopic (exact) mass is 241 g/mol. The van der Waals surface area contributed by atoms with Gasteiger partial charge in [-0.25, -0.2) is 9.59 Å². The number of carbonyl (C=O) groups excluding carboxylic acids is 1. The zero-order valence-electron chi connectivity index (χ0n) is 9.97. The summed E-state index contributed by atoms with van der Waals surface area (Å²) in [4.78, 5) is 23.9. The molecular weight excluding hydrogens is 226 g/mol. The third kappa shape index (κ3) is 2.50.